The molecule has 0 aliphatic heterocycles. The molecule has 0 fully saturated rings. The van der Waals surface area contributed by atoms with Gasteiger partial charge in [0.25, 0.3) is 0 Å². The van der Waals surface area contributed by atoms with E-state index in [0.717, 1.165) is 11.4 Å². The molecule has 0 radical (unpaired) electrons. The van der Waals surface area contributed by atoms with Crippen molar-refractivity contribution in [3.63, 3.8) is 0 Å². The molecule has 106 valence electrons. The van der Waals surface area contributed by atoms with Gasteiger partial charge < -0.3 is 5.11 Å². The normalized spacial score (nSPS) is 11.6. The van der Waals surface area contributed by atoms with Gasteiger partial charge in [-0.15, -0.1) is 11.3 Å². The van der Waals surface area contributed by atoms with Crippen LogP contribution in [0.15, 0.2) is 23.6 Å². The number of carbonyl (C=O) groups is 1. The zero-order valence-electron chi connectivity index (χ0n) is 12.2. The second kappa shape index (κ2) is 5.37. The topological polar surface area (TPSA) is 50.2 Å². The highest BCUT2D eigenvalue weighted by Gasteiger charge is 2.26. The quantitative estimate of drug-likeness (QED) is 0.926. The first-order valence-electron chi connectivity index (χ1n) is 6.55. The summed E-state index contributed by atoms with van der Waals surface area (Å²) in [4.78, 5) is 15.2. The van der Waals surface area contributed by atoms with E-state index in [4.69, 9.17) is 5.11 Å². The van der Waals surface area contributed by atoms with Crippen LogP contribution in [0, 0.1) is 13.8 Å². The second-order valence-corrected chi connectivity index (χ2v) is 6.69. The predicted octanol–water partition coefficient (Wildman–Crippen LogP) is 3.98. The van der Waals surface area contributed by atoms with E-state index in [0.29, 0.717) is 0 Å². The molecular weight excluding hydrogens is 270 g/mol. The minimum absolute atomic E-state index is 0.138. The van der Waals surface area contributed by atoms with Gasteiger partial charge in [-0.3, -0.25) is 0 Å². The van der Waals surface area contributed by atoms with Gasteiger partial charge in [0.1, 0.15) is 0 Å². The van der Waals surface area contributed by atoms with E-state index in [9.17, 15) is 4.79 Å². The molecule has 0 unspecified atom stereocenters. The molecule has 20 heavy (non-hydrogen) atoms. The molecule has 1 aromatic carbocycles. The van der Waals surface area contributed by atoms with Crippen LogP contribution in [0.2, 0.25) is 0 Å². The van der Waals surface area contributed by atoms with Gasteiger partial charge in [0.15, 0.2) is 5.69 Å². The van der Waals surface area contributed by atoms with E-state index in [1.54, 1.807) is 5.38 Å². The Bertz CT molecular complexity index is 644. The molecule has 0 aliphatic rings. The molecule has 1 heterocycles. The van der Waals surface area contributed by atoms with Crippen LogP contribution in [-0.2, 0) is 11.8 Å². The molecular formula is C16H19NO2S. The highest BCUT2D eigenvalue weighted by Crippen LogP contribution is 2.31. The van der Waals surface area contributed by atoms with Crippen molar-refractivity contribution in [2.24, 2.45) is 0 Å². The maximum Gasteiger partial charge on any atom is 0.355 e. The lowest BCUT2D eigenvalue weighted by Gasteiger charge is -2.23. The number of benzene rings is 1. The largest absolute Gasteiger partial charge is 0.476 e. The molecule has 3 nitrogen and oxygen atoms in total. The number of hydrogen-bond acceptors (Lipinski definition) is 3. The van der Waals surface area contributed by atoms with Crippen molar-refractivity contribution in [2.45, 2.75) is 39.5 Å². The van der Waals surface area contributed by atoms with Crippen molar-refractivity contribution in [3.8, 4) is 0 Å². The third kappa shape index (κ3) is 3.07. The summed E-state index contributed by atoms with van der Waals surface area (Å²) in [6.07, 6.45) is 0.854. The summed E-state index contributed by atoms with van der Waals surface area (Å²) in [5, 5.41) is 11.5. The maximum absolute atomic E-state index is 10.9. The predicted molar refractivity (Wildman–Crippen MR) is 81.7 cm³/mol. The molecule has 0 bridgehead atoms. The minimum atomic E-state index is -0.963. The summed E-state index contributed by atoms with van der Waals surface area (Å²) in [5.41, 5.74) is 3.77. The molecule has 0 atom stereocenters. The molecule has 0 saturated heterocycles. The monoisotopic (exact) mass is 289 g/mol. The lowest BCUT2D eigenvalue weighted by atomic mass is 9.84. The molecule has 1 N–H and O–H groups in total. The van der Waals surface area contributed by atoms with Crippen LogP contribution >= 0.6 is 11.3 Å². The average molecular weight is 289 g/mol. The Hall–Kier alpha value is -1.68. The molecule has 2 rings (SSSR count). The molecule has 0 spiro atoms. The lowest BCUT2D eigenvalue weighted by molar-refractivity contribution is 0.0691. The highest BCUT2D eigenvalue weighted by atomic mass is 32.1. The van der Waals surface area contributed by atoms with Gasteiger partial charge in [-0.1, -0.05) is 37.6 Å². The zero-order chi connectivity index (χ0) is 14.9. The number of thiazole rings is 1. The summed E-state index contributed by atoms with van der Waals surface area (Å²) < 4.78 is 0. The smallest absolute Gasteiger partial charge is 0.355 e. The van der Waals surface area contributed by atoms with Crippen molar-refractivity contribution in [2.75, 3.05) is 0 Å². The van der Waals surface area contributed by atoms with Crippen LogP contribution in [0.1, 0.15) is 46.0 Å². The first-order chi connectivity index (χ1) is 9.29. The second-order valence-electron chi connectivity index (χ2n) is 5.83. The van der Waals surface area contributed by atoms with Crippen LogP contribution in [0.5, 0.6) is 0 Å². The lowest BCUT2D eigenvalue weighted by Crippen LogP contribution is -2.21. The summed E-state index contributed by atoms with van der Waals surface area (Å²) in [6.45, 7) is 8.41. The van der Waals surface area contributed by atoms with Crippen LogP contribution in [0.3, 0.4) is 0 Å². The standard InChI is InChI=1S/C16H19NO2S/c1-10-5-6-11(2)12(7-10)8-16(3,4)15-17-13(9-20-15)14(18)19/h5-7,9H,8H2,1-4H3,(H,18,19). The average Bonchev–Trinajstić information content (AvgIpc) is 2.84. The van der Waals surface area contributed by atoms with E-state index in [-0.39, 0.29) is 11.1 Å². The van der Waals surface area contributed by atoms with E-state index < -0.39 is 5.97 Å². The number of carboxylic acid groups (broad SMARTS) is 1. The van der Waals surface area contributed by atoms with Gasteiger partial charge in [0.05, 0.1) is 5.01 Å². The molecule has 2 aromatic rings. The SMILES string of the molecule is Cc1ccc(C)c(CC(C)(C)c2nc(C(=O)O)cs2)c1. The third-order valence-electron chi connectivity index (χ3n) is 3.44. The van der Waals surface area contributed by atoms with Gasteiger partial charge in [-0.25, -0.2) is 9.78 Å². The van der Waals surface area contributed by atoms with E-state index >= 15 is 0 Å². The zero-order valence-corrected chi connectivity index (χ0v) is 13.0. The fourth-order valence-electron chi connectivity index (χ4n) is 2.23. The number of nitrogens with zero attached hydrogens (tertiary/aromatic N) is 1. The van der Waals surface area contributed by atoms with Gasteiger partial charge in [0, 0.05) is 10.8 Å². The Morgan fingerprint density at radius 2 is 2.05 bits per heavy atom. The summed E-state index contributed by atoms with van der Waals surface area (Å²) in [6, 6.07) is 6.44. The van der Waals surface area contributed by atoms with Crippen molar-refractivity contribution in [3.05, 3.63) is 51.0 Å². The number of aryl methyl sites for hydroxylation is 2. The Morgan fingerprint density at radius 1 is 1.35 bits per heavy atom. The Labute approximate surface area is 123 Å². The van der Waals surface area contributed by atoms with E-state index in [2.05, 4.69) is 50.9 Å². The number of aromatic nitrogens is 1. The van der Waals surface area contributed by atoms with Gasteiger partial charge in [-0.05, 0) is 31.4 Å². The van der Waals surface area contributed by atoms with Crippen molar-refractivity contribution in [1.82, 2.24) is 4.98 Å². The summed E-state index contributed by atoms with van der Waals surface area (Å²) >= 11 is 1.42. The van der Waals surface area contributed by atoms with E-state index in [1.807, 2.05) is 0 Å². The summed E-state index contributed by atoms with van der Waals surface area (Å²) in [7, 11) is 0. The van der Waals surface area contributed by atoms with Crippen LogP contribution < -0.4 is 0 Å². The fraction of sp³-hybridized carbons (Fsp3) is 0.375. The van der Waals surface area contributed by atoms with Gasteiger partial charge in [0.2, 0.25) is 0 Å². The van der Waals surface area contributed by atoms with Crippen molar-refractivity contribution >= 4 is 17.3 Å². The van der Waals surface area contributed by atoms with Crippen LogP contribution in [0.25, 0.3) is 0 Å². The van der Waals surface area contributed by atoms with E-state index in [1.165, 1.54) is 28.0 Å². The number of carboxylic acids is 1. The molecule has 0 aliphatic carbocycles. The Morgan fingerprint density at radius 3 is 2.65 bits per heavy atom. The minimum Gasteiger partial charge on any atom is -0.476 e. The Balaban J connectivity index is 2.29. The van der Waals surface area contributed by atoms with Gasteiger partial charge >= 0.3 is 5.97 Å². The maximum atomic E-state index is 10.9. The van der Waals surface area contributed by atoms with Crippen LogP contribution in [-0.4, -0.2) is 16.1 Å². The Kier molecular flexibility index (Phi) is 3.95. The van der Waals surface area contributed by atoms with Crippen LogP contribution in [0.4, 0.5) is 0 Å². The number of hydrogen-bond donors (Lipinski definition) is 1. The molecule has 1 aromatic heterocycles. The summed E-state index contributed by atoms with van der Waals surface area (Å²) in [5.74, 6) is -0.963. The fourth-order valence-corrected chi connectivity index (χ4v) is 3.14. The molecule has 4 heteroatoms. The van der Waals surface area contributed by atoms with Crippen molar-refractivity contribution < 1.29 is 9.90 Å². The first-order valence-corrected chi connectivity index (χ1v) is 7.43. The molecule has 0 saturated carbocycles. The first kappa shape index (κ1) is 14.7. The highest BCUT2D eigenvalue weighted by molar-refractivity contribution is 7.10. The number of rotatable bonds is 4. The van der Waals surface area contributed by atoms with Gasteiger partial charge in [-0.2, -0.15) is 0 Å². The third-order valence-corrected chi connectivity index (χ3v) is 4.65. The molecule has 0 amide bonds. The van der Waals surface area contributed by atoms with Crippen molar-refractivity contribution in [1.29, 1.82) is 0 Å². The number of aromatic carboxylic acids is 1.